The van der Waals surface area contributed by atoms with Crippen LogP contribution in [0.25, 0.3) is 0 Å². The van der Waals surface area contributed by atoms with E-state index < -0.39 is 17.6 Å². The number of halogens is 3. The fourth-order valence-corrected chi connectivity index (χ4v) is 4.28. The van der Waals surface area contributed by atoms with Gasteiger partial charge in [0, 0.05) is 30.3 Å². The number of thiazole rings is 1. The lowest BCUT2D eigenvalue weighted by atomic mass is 10.1. The van der Waals surface area contributed by atoms with E-state index in [9.17, 15) is 22.8 Å². The molecule has 6 nitrogen and oxygen atoms in total. The molecule has 0 atom stereocenters. The first-order valence-corrected chi connectivity index (χ1v) is 10.1. The molecule has 0 saturated heterocycles. The molecule has 0 radical (unpaired) electrons. The third-order valence-electron chi connectivity index (χ3n) is 4.86. The Kier molecular flexibility index (Phi) is 5.30. The zero-order valence-corrected chi connectivity index (χ0v) is 16.2. The number of carbonyl (C=O) groups is 2. The first-order chi connectivity index (χ1) is 13.8. The second-order valence-corrected chi connectivity index (χ2v) is 8.29. The first kappa shape index (κ1) is 19.8. The van der Waals surface area contributed by atoms with Gasteiger partial charge in [0.25, 0.3) is 0 Å². The van der Waals surface area contributed by atoms with Crippen LogP contribution in [-0.4, -0.2) is 34.8 Å². The second-order valence-electron chi connectivity index (χ2n) is 7.20. The van der Waals surface area contributed by atoms with Crippen molar-refractivity contribution >= 4 is 34.0 Å². The SMILES string of the molecule is O=C(CN1CCc2nc(NC(=O)C3CC3)sc2C1)Nc1ccccc1C(F)(F)F. The predicted molar refractivity (Wildman–Crippen MR) is 103 cm³/mol. The fourth-order valence-electron chi connectivity index (χ4n) is 3.22. The molecule has 2 amide bonds. The third kappa shape index (κ3) is 4.76. The van der Waals surface area contributed by atoms with Gasteiger partial charge in [0.2, 0.25) is 11.8 Å². The molecule has 0 unspecified atom stereocenters. The Balaban J connectivity index is 1.36. The van der Waals surface area contributed by atoms with Gasteiger partial charge >= 0.3 is 6.18 Å². The van der Waals surface area contributed by atoms with Crippen molar-refractivity contribution in [3.8, 4) is 0 Å². The van der Waals surface area contributed by atoms with Gasteiger partial charge in [-0.3, -0.25) is 14.5 Å². The van der Waals surface area contributed by atoms with Crippen LogP contribution in [0.15, 0.2) is 24.3 Å². The number of hydrogen-bond donors (Lipinski definition) is 2. The summed E-state index contributed by atoms with van der Waals surface area (Å²) in [7, 11) is 0. The van der Waals surface area contributed by atoms with Crippen molar-refractivity contribution < 1.29 is 22.8 Å². The smallest absolute Gasteiger partial charge is 0.324 e. The second kappa shape index (κ2) is 7.75. The first-order valence-electron chi connectivity index (χ1n) is 9.27. The number of aromatic nitrogens is 1. The Morgan fingerprint density at radius 2 is 1.97 bits per heavy atom. The highest BCUT2D eigenvalue weighted by molar-refractivity contribution is 7.15. The summed E-state index contributed by atoms with van der Waals surface area (Å²) in [6.07, 6.45) is -2.08. The summed E-state index contributed by atoms with van der Waals surface area (Å²) in [6, 6.07) is 4.92. The van der Waals surface area contributed by atoms with E-state index in [2.05, 4.69) is 15.6 Å². The topological polar surface area (TPSA) is 74.3 Å². The third-order valence-corrected chi connectivity index (χ3v) is 5.86. The number of benzene rings is 1. The molecule has 0 spiro atoms. The van der Waals surface area contributed by atoms with Crippen molar-refractivity contribution in [1.29, 1.82) is 0 Å². The van der Waals surface area contributed by atoms with E-state index in [-0.39, 0.29) is 24.1 Å². The van der Waals surface area contributed by atoms with Crippen molar-refractivity contribution in [2.24, 2.45) is 5.92 Å². The summed E-state index contributed by atoms with van der Waals surface area (Å²) in [5.74, 6) is -0.414. The molecule has 29 heavy (non-hydrogen) atoms. The standard InChI is InChI=1S/C19H19F3N4O2S/c20-19(21,22)12-3-1-2-4-13(12)23-16(27)10-26-8-7-14-15(9-26)29-18(24-14)25-17(28)11-5-6-11/h1-4,11H,5-10H2,(H,23,27)(H,24,25,28). The molecule has 1 aromatic heterocycles. The van der Waals surface area contributed by atoms with Gasteiger partial charge in [0.05, 0.1) is 23.5 Å². The Labute approximate surface area is 169 Å². The molecule has 10 heteroatoms. The van der Waals surface area contributed by atoms with Gasteiger partial charge in [-0.2, -0.15) is 13.2 Å². The molecular weight excluding hydrogens is 405 g/mol. The minimum Gasteiger partial charge on any atom is -0.324 e. The van der Waals surface area contributed by atoms with Crippen LogP contribution in [0.5, 0.6) is 0 Å². The predicted octanol–water partition coefficient (Wildman–Crippen LogP) is 3.51. The van der Waals surface area contributed by atoms with E-state index in [1.54, 1.807) is 0 Å². The van der Waals surface area contributed by atoms with Crippen LogP contribution in [0.4, 0.5) is 24.0 Å². The number of alkyl halides is 3. The molecule has 2 aromatic rings. The summed E-state index contributed by atoms with van der Waals surface area (Å²) >= 11 is 1.38. The van der Waals surface area contributed by atoms with Crippen LogP contribution in [0.2, 0.25) is 0 Å². The monoisotopic (exact) mass is 424 g/mol. The summed E-state index contributed by atoms with van der Waals surface area (Å²) in [5, 5.41) is 5.77. The maximum absolute atomic E-state index is 13.1. The molecule has 1 aromatic carbocycles. The number of para-hydroxylation sites is 1. The van der Waals surface area contributed by atoms with E-state index in [1.807, 2.05) is 4.90 Å². The number of fused-ring (bicyclic) bond motifs is 1. The number of nitrogens with one attached hydrogen (secondary N) is 2. The van der Waals surface area contributed by atoms with Gasteiger partial charge in [-0.15, -0.1) is 11.3 Å². The Bertz CT molecular complexity index is 940. The zero-order chi connectivity index (χ0) is 20.6. The van der Waals surface area contributed by atoms with Crippen molar-refractivity contribution in [2.75, 3.05) is 23.7 Å². The largest absolute Gasteiger partial charge is 0.418 e. The van der Waals surface area contributed by atoms with E-state index in [0.717, 1.165) is 29.5 Å². The molecule has 0 bridgehead atoms. The lowest BCUT2D eigenvalue weighted by Gasteiger charge is -2.25. The van der Waals surface area contributed by atoms with Gasteiger partial charge in [-0.1, -0.05) is 12.1 Å². The summed E-state index contributed by atoms with van der Waals surface area (Å²) in [4.78, 5) is 31.5. The Morgan fingerprint density at radius 1 is 1.21 bits per heavy atom. The van der Waals surface area contributed by atoms with Crippen LogP contribution in [-0.2, 0) is 28.7 Å². The van der Waals surface area contributed by atoms with Crippen molar-refractivity contribution in [2.45, 2.75) is 32.0 Å². The van der Waals surface area contributed by atoms with Crippen LogP contribution < -0.4 is 10.6 Å². The highest BCUT2D eigenvalue weighted by Crippen LogP contribution is 2.35. The van der Waals surface area contributed by atoms with E-state index >= 15 is 0 Å². The number of carbonyl (C=O) groups excluding carboxylic acids is 2. The molecule has 2 N–H and O–H groups in total. The molecule has 154 valence electrons. The number of hydrogen-bond acceptors (Lipinski definition) is 5. The molecule has 2 heterocycles. The molecule has 1 aliphatic heterocycles. The molecule has 1 saturated carbocycles. The van der Waals surface area contributed by atoms with E-state index in [0.29, 0.717) is 24.6 Å². The number of rotatable bonds is 5. The number of nitrogens with zero attached hydrogens (tertiary/aromatic N) is 2. The van der Waals surface area contributed by atoms with E-state index in [4.69, 9.17) is 0 Å². The highest BCUT2D eigenvalue weighted by Gasteiger charge is 2.34. The average Bonchev–Trinajstić information content (AvgIpc) is 3.42. The quantitative estimate of drug-likeness (QED) is 0.771. The lowest BCUT2D eigenvalue weighted by Crippen LogP contribution is -2.37. The fraction of sp³-hybridized carbons (Fsp3) is 0.421. The normalized spacial score (nSPS) is 16.9. The Hall–Kier alpha value is -2.46. The highest BCUT2D eigenvalue weighted by atomic mass is 32.1. The Morgan fingerprint density at radius 3 is 2.69 bits per heavy atom. The van der Waals surface area contributed by atoms with Crippen molar-refractivity contribution in [1.82, 2.24) is 9.88 Å². The number of amides is 2. The van der Waals surface area contributed by atoms with Crippen LogP contribution in [0, 0.1) is 5.92 Å². The van der Waals surface area contributed by atoms with Gasteiger partial charge in [0.15, 0.2) is 5.13 Å². The van der Waals surface area contributed by atoms with Crippen molar-refractivity contribution in [3.63, 3.8) is 0 Å². The average molecular weight is 424 g/mol. The van der Waals surface area contributed by atoms with Crippen LogP contribution >= 0.6 is 11.3 Å². The molecule has 1 aliphatic carbocycles. The summed E-state index contributed by atoms with van der Waals surface area (Å²) in [6.45, 7) is 1.02. The van der Waals surface area contributed by atoms with Gasteiger partial charge in [0.1, 0.15) is 0 Å². The minimum absolute atomic E-state index is 0.00402. The molecule has 1 fully saturated rings. The zero-order valence-electron chi connectivity index (χ0n) is 15.4. The van der Waals surface area contributed by atoms with Gasteiger partial charge < -0.3 is 10.6 Å². The van der Waals surface area contributed by atoms with Gasteiger partial charge in [-0.25, -0.2) is 4.98 Å². The maximum atomic E-state index is 13.1. The molecule has 2 aliphatic rings. The maximum Gasteiger partial charge on any atom is 0.418 e. The minimum atomic E-state index is -4.53. The summed E-state index contributed by atoms with van der Waals surface area (Å²) in [5.41, 5.74) is -0.210. The molecular formula is C19H19F3N4O2S. The van der Waals surface area contributed by atoms with E-state index in [1.165, 1.54) is 29.5 Å². The van der Waals surface area contributed by atoms with Crippen LogP contribution in [0.3, 0.4) is 0 Å². The number of anilines is 2. The molecule has 4 rings (SSSR count). The lowest BCUT2D eigenvalue weighted by molar-refractivity contribution is -0.137. The van der Waals surface area contributed by atoms with Crippen molar-refractivity contribution in [3.05, 3.63) is 40.4 Å². The van der Waals surface area contributed by atoms with Gasteiger partial charge in [-0.05, 0) is 25.0 Å². The summed E-state index contributed by atoms with van der Waals surface area (Å²) < 4.78 is 39.2. The van der Waals surface area contributed by atoms with Crippen LogP contribution in [0.1, 0.15) is 29.0 Å².